The molecule has 0 unspecified atom stereocenters. The first-order valence-electron chi connectivity index (χ1n) is 12.4. The Labute approximate surface area is 216 Å². The van der Waals surface area contributed by atoms with Gasteiger partial charge in [-0.25, -0.2) is 9.48 Å². The molecule has 0 fully saturated rings. The summed E-state index contributed by atoms with van der Waals surface area (Å²) in [5.41, 5.74) is 1.79. The highest BCUT2D eigenvalue weighted by atomic mass is 32.1. The number of esters is 1. The zero-order chi connectivity index (χ0) is 26.2. The number of amides is 1. The van der Waals surface area contributed by atoms with E-state index >= 15 is 0 Å². The van der Waals surface area contributed by atoms with Crippen LogP contribution in [0.1, 0.15) is 81.5 Å². The Morgan fingerprint density at radius 1 is 1.19 bits per heavy atom. The van der Waals surface area contributed by atoms with Crippen LogP contribution in [0, 0.1) is 0 Å². The average molecular weight is 533 g/mol. The Morgan fingerprint density at radius 3 is 2.68 bits per heavy atom. The number of ether oxygens (including phenoxy) is 1. The second-order valence-electron chi connectivity index (χ2n) is 9.20. The number of anilines is 2. The molecule has 0 saturated heterocycles. The van der Waals surface area contributed by atoms with E-state index in [1.54, 1.807) is 37.3 Å². The number of fused-ring (bicyclic) bond motifs is 2. The third kappa shape index (κ3) is 5.09. The summed E-state index contributed by atoms with van der Waals surface area (Å²) in [6.07, 6.45) is -0.303. The molecule has 37 heavy (non-hydrogen) atoms. The summed E-state index contributed by atoms with van der Waals surface area (Å²) in [6, 6.07) is 7.73. The number of nitrogens with one attached hydrogen (secondary N) is 2. The van der Waals surface area contributed by atoms with Crippen molar-refractivity contribution in [3.8, 4) is 0 Å². The van der Waals surface area contributed by atoms with E-state index in [0.29, 0.717) is 17.0 Å². The van der Waals surface area contributed by atoms with Gasteiger partial charge in [0.1, 0.15) is 10.8 Å². The van der Waals surface area contributed by atoms with Crippen molar-refractivity contribution in [1.82, 2.24) is 9.78 Å². The number of aromatic nitrogens is 2. The number of thiophene rings is 1. The molecule has 2 atom stereocenters. The van der Waals surface area contributed by atoms with Crippen LogP contribution in [0.4, 0.5) is 24.0 Å². The lowest BCUT2D eigenvalue weighted by Crippen LogP contribution is -2.35. The van der Waals surface area contributed by atoms with Gasteiger partial charge in [-0.3, -0.25) is 4.79 Å². The number of carbonyl (C=O) groups excluding carboxylic acids is 2. The first-order valence-corrected chi connectivity index (χ1v) is 13.2. The lowest BCUT2D eigenvalue weighted by Gasteiger charge is -2.33. The van der Waals surface area contributed by atoms with E-state index in [0.717, 1.165) is 46.4 Å². The van der Waals surface area contributed by atoms with Crippen LogP contribution < -0.4 is 10.6 Å². The summed E-state index contributed by atoms with van der Waals surface area (Å²) in [4.78, 5) is 27.0. The van der Waals surface area contributed by atoms with Gasteiger partial charge in [-0.2, -0.15) is 18.3 Å². The molecule has 1 aliphatic heterocycles. The fraction of sp³-hybridized carbons (Fsp3) is 0.423. The molecule has 2 N–H and O–H groups in total. The Balaban J connectivity index is 1.46. The molecular weight excluding hydrogens is 505 g/mol. The van der Waals surface area contributed by atoms with Crippen LogP contribution in [-0.4, -0.2) is 34.4 Å². The average Bonchev–Trinajstić information content (AvgIpc) is 3.37. The minimum atomic E-state index is -4.55. The topological polar surface area (TPSA) is 85.2 Å². The van der Waals surface area contributed by atoms with Crippen molar-refractivity contribution in [3.63, 3.8) is 0 Å². The van der Waals surface area contributed by atoms with Gasteiger partial charge in [0.2, 0.25) is 0 Å². The van der Waals surface area contributed by atoms with Crippen LogP contribution in [-0.2, 0) is 17.6 Å². The van der Waals surface area contributed by atoms with Gasteiger partial charge in [0.05, 0.1) is 18.2 Å². The molecule has 3 heterocycles. The molecule has 5 rings (SSSR count). The molecule has 0 saturated carbocycles. The van der Waals surface area contributed by atoms with Crippen molar-refractivity contribution < 1.29 is 27.5 Å². The quantitative estimate of drug-likeness (QED) is 0.297. The molecule has 2 aliphatic rings. The van der Waals surface area contributed by atoms with Gasteiger partial charge in [-0.15, -0.1) is 11.3 Å². The van der Waals surface area contributed by atoms with Crippen molar-refractivity contribution in [2.75, 3.05) is 17.2 Å². The predicted molar refractivity (Wildman–Crippen MR) is 134 cm³/mol. The van der Waals surface area contributed by atoms with E-state index in [4.69, 9.17) is 4.74 Å². The van der Waals surface area contributed by atoms with Crippen molar-refractivity contribution in [3.05, 3.63) is 63.7 Å². The molecule has 11 heteroatoms. The van der Waals surface area contributed by atoms with Crippen molar-refractivity contribution in [2.45, 2.75) is 63.7 Å². The predicted octanol–water partition coefficient (Wildman–Crippen LogP) is 6.30. The summed E-state index contributed by atoms with van der Waals surface area (Å²) in [7, 11) is 0. The smallest absolute Gasteiger partial charge is 0.410 e. The summed E-state index contributed by atoms with van der Waals surface area (Å²) < 4.78 is 48.1. The monoisotopic (exact) mass is 532 g/mol. The first-order chi connectivity index (χ1) is 17.8. The number of nitrogens with zero attached hydrogens (tertiary/aromatic N) is 2. The van der Waals surface area contributed by atoms with Crippen molar-refractivity contribution in [2.24, 2.45) is 0 Å². The van der Waals surface area contributed by atoms with E-state index in [1.165, 1.54) is 17.4 Å². The number of benzene rings is 1. The summed E-state index contributed by atoms with van der Waals surface area (Å²) >= 11 is 1.33. The molecule has 1 aliphatic carbocycles. The summed E-state index contributed by atoms with van der Waals surface area (Å²) in [5.74, 6) is -1.08. The van der Waals surface area contributed by atoms with Gasteiger partial charge in [0.25, 0.3) is 5.91 Å². The van der Waals surface area contributed by atoms with E-state index in [2.05, 4.69) is 15.7 Å². The molecule has 0 radical (unpaired) electrons. The Hall–Kier alpha value is -3.34. The highest BCUT2D eigenvalue weighted by Gasteiger charge is 2.47. The highest BCUT2D eigenvalue weighted by Crippen LogP contribution is 2.44. The Morgan fingerprint density at radius 2 is 1.95 bits per heavy atom. The third-order valence-corrected chi connectivity index (χ3v) is 7.96. The minimum absolute atomic E-state index is 0.111. The lowest BCUT2D eigenvalue weighted by atomic mass is 9.97. The standard InChI is InChI=1S/C26H27F3N4O3S/c1-2-36-25(35)22-16-11-7-4-8-12-19(16)37-24(22)31-23(34)18-14-21-30-17(15-9-5-3-6-10-15)13-20(26(27,28)29)33(21)32-18/h3,5-6,9-10,14,17,20,30H,2,4,7-8,11-13H2,1H3,(H,31,34)/t17-,20-/m1/s1. The van der Waals surface area contributed by atoms with Gasteiger partial charge < -0.3 is 15.4 Å². The largest absolute Gasteiger partial charge is 0.462 e. The molecule has 2 aromatic heterocycles. The number of carbonyl (C=O) groups is 2. The maximum absolute atomic E-state index is 14.0. The number of hydrogen-bond donors (Lipinski definition) is 2. The van der Waals surface area contributed by atoms with Crippen LogP contribution in [0.3, 0.4) is 0 Å². The molecule has 196 valence electrons. The zero-order valence-electron chi connectivity index (χ0n) is 20.2. The van der Waals surface area contributed by atoms with Crippen LogP contribution in [0.5, 0.6) is 0 Å². The van der Waals surface area contributed by atoms with E-state index in [9.17, 15) is 22.8 Å². The number of rotatable bonds is 5. The Kier molecular flexibility index (Phi) is 6.98. The number of halogens is 3. The molecule has 3 aromatic rings. The third-order valence-electron chi connectivity index (χ3n) is 6.75. The minimum Gasteiger partial charge on any atom is -0.462 e. The van der Waals surface area contributed by atoms with Gasteiger partial charge in [-0.1, -0.05) is 36.8 Å². The molecular formula is C26H27F3N4O3S. The van der Waals surface area contributed by atoms with E-state index in [1.807, 2.05) is 0 Å². The van der Waals surface area contributed by atoms with Crippen molar-refractivity contribution in [1.29, 1.82) is 0 Å². The van der Waals surface area contributed by atoms with Crippen LogP contribution in [0.15, 0.2) is 36.4 Å². The van der Waals surface area contributed by atoms with E-state index < -0.39 is 30.1 Å². The zero-order valence-corrected chi connectivity index (χ0v) is 21.0. The van der Waals surface area contributed by atoms with Crippen LogP contribution in [0.25, 0.3) is 0 Å². The SMILES string of the molecule is CCOC(=O)c1c(NC(=O)c2cc3n(n2)[C@@H](C(F)(F)F)C[C@H](c2ccccc2)N3)sc2c1CCCCC2. The number of aryl methyl sites for hydroxylation is 1. The van der Waals surface area contributed by atoms with Gasteiger partial charge in [-0.05, 0) is 43.7 Å². The van der Waals surface area contributed by atoms with Crippen molar-refractivity contribution >= 4 is 34.0 Å². The molecule has 0 bridgehead atoms. The Bertz CT molecular complexity index is 1300. The molecule has 0 spiro atoms. The normalized spacial score (nSPS) is 19.2. The summed E-state index contributed by atoms with van der Waals surface area (Å²) in [6.45, 7) is 1.90. The first kappa shape index (κ1) is 25.3. The second-order valence-corrected chi connectivity index (χ2v) is 10.3. The second kappa shape index (κ2) is 10.2. The maximum Gasteiger partial charge on any atom is 0.410 e. The number of alkyl halides is 3. The van der Waals surface area contributed by atoms with Gasteiger partial charge in [0.15, 0.2) is 11.7 Å². The lowest BCUT2D eigenvalue weighted by molar-refractivity contribution is -0.173. The highest BCUT2D eigenvalue weighted by molar-refractivity contribution is 7.17. The molecule has 1 aromatic carbocycles. The molecule has 7 nitrogen and oxygen atoms in total. The summed E-state index contributed by atoms with van der Waals surface area (Å²) in [5, 5.41) is 10.2. The fourth-order valence-electron chi connectivity index (χ4n) is 5.01. The van der Waals surface area contributed by atoms with Crippen LogP contribution >= 0.6 is 11.3 Å². The van der Waals surface area contributed by atoms with Gasteiger partial charge in [0, 0.05) is 17.4 Å². The fourth-order valence-corrected chi connectivity index (χ4v) is 6.28. The molecule has 1 amide bonds. The maximum atomic E-state index is 14.0. The number of hydrogen-bond acceptors (Lipinski definition) is 6. The van der Waals surface area contributed by atoms with Crippen LogP contribution in [0.2, 0.25) is 0 Å². The van der Waals surface area contributed by atoms with E-state index in [-0.39, 0.29) is 24.5 Å². The van der Waals surface area contributed by atoms with Gasteiger partial charge >= 0.3 is 12.1 Å².